The minimum Gasteiger partial charge on any atom is -0.444 e. The lowest BCUT2D eigenvalue weighted by Crippen LogP contribution is -2.66. The topological polar surface area (TPSA) is 96.0 Å². The summed E-state index contributed by atoms with van der Waals surface area (Å²) in [5, 5.41) is 2.72. The predicted molar refractivity (Wildman–Crippen MR) is 126 cm³/mol. The first-order valence-electron chi connectivity index (χ1n) is 10.4. The van der Waals surface area contributed by atoms with Gasteiger partial charge in [0.15, 0.2) is 11.3 Å². The zero-order valence-electron chi connectivity index (χ0n) is 18.9. The smallest absolute Gasteiger partial charge is 0.408 e. The number of alkyl carbamates (subject to hydrolysis) is 1. The fourth-order valence-corrected chi connectivity index (χ4v) is 4.92. The number of fused-ring (bicyclic) bond motifs is 2. The molecular formula is C24H24BrN3O5. The molecule has 0 saturated heterocycles. The normalized spacial score (nSPS) is 21.7. The highest BCUT2D eigenvalue weighted by Gasteiger charge is 2.63. The van der Waals surface area contributed by atoms with Crippen molar-refractivity contribution in [3.05, 3.63) is 58.1 Å². The third kappa shape index (κ3) is 3.51. The molecule has 0 aromatic heterocycles. The second-order valence-electron chi connectivity index (χ2n) is 9.13. The highest BCUT2D eigenvalue weighted by molar-refractivity contribution is 9.10. The molecule has 9 heteroatoms. The van der Waals surface area contributed by atoms with Crippen molar-refractivity contribution in [1.82, 2.24) is 5.32 Å². The summed E-state index contributed by atoms with van der Waals surface area (Å²) in [5.41, 5.74) is -1.12. The molecule has 33 heavy (non-hydrogen) atoms. The van der Waals surface area contributed by atoms with Crippen LogP contribution in [0.2, 0.25) is 0 Å². The molecule has 0 bridgehead atoms. The second-order valence-corrected chi connectivity index (χ2v) is 10.0. The van der Waals surface area contributed by atoms with E-state index in [1.165, 1.54) is 16.7 Å². The number of carbonyl (C=O) groups is 4. The molecule has 0 saturated carbocycles. The molecule has 2 aromatic carbocycles. The maximum atomic E-state index is 13.9. The summed E-state index contributed by atoms with van der Waals surface area (Å²) in [4.78, 5) is 56.2. The Morgan fingerprint density at radius 2 is 1.76 bits per heavy atom. The van der Waals surface area contributed by atoms with Crippen LogP contribution in [0, 0.1) is 0 Å². The third-order valence-corrected chi connectivity index (χ3v) is 6.26. The van der Waals surface area contributed by atoms with E-state index in [0.717, 1.165) is 0 Å². The molecule has 0 aliphatic carbocycles. The number of carbonyl (C=O) groups excluding carboxylic acids is 4. The van der Waals surface area contributed by atoms with Crippen LogP contribution in [0.5, 0.6) is 0 Å². The van der Waals surface area contributed by atoms with Crippen LogP contribution in [0.1, 0.15) is 43.6 Å². The van der Waals surface area contributed by atoms with Gasteiger partial charge < -0.3 is 15.0 Å². The molecule has 1 N–H and O–H groups in total. The molecule has 3 amide bonds. The van der Waals surface area contributed by atoms with Crippen molar-refractivity contribution in [2.24, 2.45) is 0 Å². The van der Waals surface area contributed by atoms with Crippen LogP contribution in [-0.4, -0.2) is 42.4 Å². The SMILES string of the molecule is CC(=O)N1c2ccccc2C(=O)[C@@H]1[C@]1(NC(=O)OC(C)(C)C)C(=O)N(C)c2ccc(Br)cc21. The molecule has 0 fully saturated rings. The van der Waals surface area contributed by atoms with Crippen molar-refractivity contribution in [3.63, 3.8) is 0 Å². The molecule has 2 heterocycles. The number of anilines is 2. The number of hydrogen-bond donors (Lipinski definition) is 1. The summed E-state index contributed by atoms with van der Waals surface area (Å²) in [6, 6.07) is 10.5. The Labute approximate surface area is 200 Å². The van der Waals surface area contributed by atoms with Crippen LogP contribution < -0.4 is 15.1 Å². The number of nitrogens with one attached hydrogen (secondary N) is 1. The van der Waals surface area contributed by atoms with Gasteiger partial charge in [-0.3, -0.25) is 19.3 Å². The number of Topliss-reactive ketones (excluding diaryl/α,β-unsaturated/α-hetero) is 1. The Hall–Kier alpha value is -3.20. The molecular weight excluding hydrogens is 490 g/mol. The van der Waals surface area contributed by atoms with Crippen LogP contribution in [0.15, 0.2) is 46.9 Å². The van der Waals surface area contributed by atoms with E-state index in [1.54, 1.807) is 70.3 Å². The number of likely N-dealkylation sites (N-methyl/N-ethyl adjacent to an activating group) is 1. The second kappa shape index (κ2) is 7.69. The zero-order valence-corrected chi connectivity index (χ0v) is 20.5. The van der Waals surface area contributed by atoms with Crippen molar-refractivity contribution in [1.29, 1.82) is 0 Å². The molecule has 4 rings (SSSR count). The standard InChI is InChI=1S/C24H24BrN3O5/c1-13(29)28-17-9-7-6-8-15(17)19(30)20(28)24(26-22(32)33-23(2,3)4)16-12-14(25)10-11-18(16)27(5)21(24)31/h6-12,20H,1-5H3,(H,26,32)/t20-,24+/m1/s1. The lowest BCUT2D eigenvalue weighted by Gasteiger charge is -2.38. The van der Waals surface area contributed by atoms with Gasteiger partial charge in [0.2, 0.25) is 5.91 Å². The Morgan fingerprint density at radius 3 is 2.39 bits per heavy atom. The maximum Gasteiger partial charge on any atom is 0.408 e. The van der Waals surface area contributed by atoms with E-state index in [2.05, 4.69) is 21.2 Å². The third-order valence-electron chi connectivity index (χ3n) is 5.77. The van der Waals surface area contributed by atoms with Crippen molar-refractivity contribution in [2.45, 2.75) is 44.9 Å². The highest BCUT2D eigenvalue weighted by atomic mass is 79.9. The molecule has 172 valence electrons. The number of amides is 3. The maximum absolute atomic E-state index is 13.9. The van der Waals surface area contributed by atoms with Gasteiger partial charge in [0.1, 0.15) is 11.6 Å². The van der Waals surface area contributed by atoms with E-state index in [9.17, 15) is 19.2 Å². The number of benzene rings is 2. The summed E-state index contributed by atoms with van der Waals surface area (Å²) in [5.74, 6) is -1.41. The molecule has 0 radical (unpaired) electrons. The fourth-order valence-electron chi connectivity index (χ4n) is 4.56. The minimum atomic E-state index is -1.89. The summed E-state index contributed by atoms with van der Waals surface area (Å²) in [7, 11) is 1.57. The molecule has 0 spiro atoms. The number of para-hydroxylation sites is 1. The van der Waals surface area contributed by atoms with E-state index >= 15 is 0 Å². The highest BCUT2D eigenvalue weighted by Crippen LogP contribution is 2.49. The van der Waals surface area contributed by atoms with Gasteiger partial charge in [0.05, 0.1) is 5.69 Å². The Balaban J connectivity index is 1.99. The van der Waals surface area contributed by atoms with E-state index in [-0.39, 0.29) is 0 Å². The van der Waals surface area contributed by atoms with Crippen molar-refractivity contribution in [2.75, 3.05) is 16.8 Å². The van der Waals surface area contributed by atoms with Gasteiger partial charge in [-0.2, -0.15) is 0 Å². The molecule has 2 aliphatic rings. The van der Waals surface area contributed by atoms with Crippen molar-refractivity contribution >= 4 is 51.0 Å². The lowest BCUT2D eigenvalue weighted by molar-refractivity contribution is -0.125. The number of halogens is 1. The lowest BCUT2D eigenvalue weighted by atomic mass is 9.81. The van der Waals surface area contributed by atoms with Gasteiger partial charge in [0.25, 0.3) is 5.91 Å². The van der Waals surface area contributed by atoms with Gasteiger partial charge in [-0.15, -0.1) is 0 Å². The largest absolute Gasteiger partial charge is 0.444 e. The van der Waals surface area contributed by atoms with Crippen LogP contribution in [0.25, 0.3) is 0 Å². The number of ketones is 1. The van der Waals surface area contributed by atoms with E-state index in [0.29, 0.717) is 27.0 Å². The first kappa shape index (κ1) is 23.0. The zero-order chi connectivity index (χ0) is 24.3. The number of nitrogens with zero attached hydrogens (tertiary/aromatic N) is 2. The van der Waals surface area contributed by atoms with Crippen LogP contribution in [-0.2, 0) is 19.9 Å². The van der Waals surface area contributed by atoms with Crippen LogP contribution >= 0.6 is 15.9 Å². The Kier molecular flexibility index (Phi) is 5.35. The molecule has 2 aromatic rings. The van der Waals surface area contributed by atoms with Crippen molar-refractivity contribution in [3.8, 4) is 0 Å². The molecule has 0 unspecified atom stereocenters. The molecule has 2 atom stereocenters. The van der Waals surface area contributed by atoms with E-state index < -0.39 is 40.9 Å². The summed E-state index contributed by atoms with van der Waals surface area (Å²) in [6.45, 7) is 6.43. The molecule has 2 aliphatic heterocycles. The van der Waals surface area contributed by atoms with Gasteiger partial charge in [0, 0.05) is 35.3 Å². The van der Waals surface area contributed by atoms with Crippen molar-refractivity contribution < 1.29 is 23.9 Å². The number of ether oxygens (including phenoxy) is 1. The first-order valence-corrected chi connectivity index (χ1v) is 11.2. The quantitative estimate of drug-likeness (QED) is 0.659. The van der Waals surface area contributed by atoms with Gasteiger partial charge >= 0.3 is 6.09 Å². The first-order chi connectivity index (χ1) is 15.4. The summed E-state index contributed by atoms with van der Waals surface area (Å²) >= 11 is 3.43. The minimum absolute atomic E-state index is 0.307. The predicted octanol–water partition coefficient (Wildman–Crippen LogP) is 3.76. The van der Waals surface area contributed by atoms with Crippen LogP contribution in [0.4, 0.5) is 16.2 Å². The van der Waals surface area contributed by atoms with Gasteiger partial charge in [-0.05, 0) is 51.1 Å². The van der Waals surface area contributed by atoms with Gasteiger partial charge in [-0.1, -0.05) is 28.1 Å². The average molecular weight is 514 g/mol. The van der Waals surface area contributed by atoms with E-state index in [1.807, 2.05) is 0 Å². The molecule has 8 nitrogen and oxygen atoms in total. The fraction of sp³-hybridized carbons (Fsp3) is 0.333. The van der Waals surface area contributed by atoms with E-state index in [4.69, 9.17) is 4.74 Å². The number of rotatable bonds is 2. The van der Waals surface area contributed by atoms with Crippen LogP contribution in [0.3, 0.4) is 0 Å². The summed E-state index contributed by atoms with van der Waals surface area (Å²) in [6.07, 6.45) is -0.871. The Bertz CT molecular complexity index is 1200. The Morgan fingerprint density at radius 1 is 1.09 bits per heavy atom. The number of hydrogen-bond acceptors (Lipinski definition) is 5. The van der Waals surface area contributed by atoms with Gasteiger partial charge in [-0.25, -0.2) is 4.79 Å². The average Bonchev–Trinajstić information content (AvgIpc) is 3.12. The monoisotopic (exact) mass is 513 g/mol. The summed E-state index contributed by atoms with van der Waals surface area (Å²) < 4.78 is 6.12.